The monoisotopic (exact) mass is 308 g/mol. The molecule has 0 heterocycles. The SMILES string of the molecule is O=C(O)C=Cc1ccc(Cc2ccc(C=CC(=O)O)cc2)cc1. The zero-order valence-corrected chi connectivity index (χ0v) is 12.3. The summed E-state index contributed by atoms with van der Waals surface area (Å²) in [5, 5.41) is 17.2. The number of carboxylic acids is 2. The summed E-state index contributed by atoms with van der Waals surface area (Å²) in [5.74, 6) is -1.93. The van der Waals surface area contributed by atoms with Gasteiger partial charge in [-0.15, -0.1) is 0 Å². The van der Waals surface area contributed by atoms with Gasteiger partial charge in [0, 0.05) is 12.2 Å². The van der Waals surface area contributed by atoms with Gasteiger partial charge >= 0.3 is 11.9 Å². The van der Waals surface area contributed by atoms with Gasteiger partial charge in [-0.05, 0) is 40.8 Å². The highest BCUT2D eigenvalue weighted by atomic mass is 16.4. The molecular weight excluding hydrogens is 292 g/mol. The number of rotatable bonds is 6. The molecule has 2 aromatic carbocycles. The highest BCUT2D eigenvalue weighted by molar-refractivity contribution is 5.85. The molecule has 0 saturated carbocycles. The summed E-state index contributed by atoms with van der Waals surface area (Å²) in [6.07, 6.45) is 6.08. The molecule has 0 unspecified atom stereocenters. The van der Waals surface area contributed by atoms with Crippen LogP contribution in [0.2, 0.25) is 0 Å². The average Bonchev–Trinajstić information content (AvgIpc) is 2.53. The molecule has 0 aliphatic heterocycles. The lowest BCUT2D eigenvalue weighted by Crippen LogP contribution is -1.89. The van der Waals surface area contributed by atoms with Gasteiger partial charge in [0.15, 0.2) is 0 Å². The van der Waals surface area contributed by atoms with Crippen LogP contribution in [0.5, 0.6) is 0 Å². The number of carboxylic acid groups (broad SMARTS) is 2. The minimum absolute atomic E-state index is 0.756. The van der Waals surface area contributed by atoms with Crippen LogP contribution in [-0.2, 0) is 16.0 Å². The minimum atomic E-state index is -0.967. The fourth-order valence-electron chi connectivity index (χ4n) is 2.06. The van der Waals surface area contributed by atoms with Crippen molar-refractivity contribution in [2.45, 2.75) is 6.42 Å². The first-order chi connectivity index (χ1) is 11.0. The van der Waals surface area contributed by atoms with Crippen molar-refractivity contribution >= 4 is 24.1 Å². The van der Waals surface area contributed by atoms with Crippen LogP contribution in [0.15, 0.2) is 60.7 Å². The van der Waals surface area contributed by atoms with Gasteiger partial charge in [-0.1, -0.05) is 48.5 Å². The summed E-state index contributed by atoms with van der Waals surface area (Å²) in [6, 6.07) is 15.3. The summed E-state index contributed by atoms with van der Waals surface area (Å²) < 4.78 is 0. The predicted molar refractivity (Wildman–Crippen MR) is 89.0 cm³/mol. The Morgan fingerprint density at radius 3 is 1.35 bits per heavy atom. The quantitative estimate of drug-likeness (QED) is 0.801. The van der Waals surface area contributed by atoms with E-state index in [9.17, 15) is 9.59 Å². The van der Waals surface area contributed by atoms with Crippen molar-refractivity contribution in [2.24, 2.45) is 0 Å². The Hall–Kier alpha value is -3.14. The molecule has 4 heteroatoms. The highest BCUT2D eigenvalue weighted by Crippen LogP contribution is 2.13. The molecule has 0 spiro atoms. The standard InChI is InChI=1S/C19H16O4/c20-18(21)11-9-14-1-5-16(6-2-14)13-17-7-3-15(4-8-17)10-12-19(22)23/h1-12H,13H2,(H,20,21)(H,22,23). The fourth-order valence-corrected chi connectivity index (χ4v) is 2.06. The maximum absolute atomic E-state index is 10.5. The fraction of sp³-hybridized carbons (Fsp3) is 0.0526. The molecule has 0 saturated heterocycles. The molecule has 0 radical (unpaired) electrons. The van der Waals surface area contributed by atoms with Crippen molar-refractivity contribution in [1.82, 2.24) is 0 Å². The highest BCUT2D eigenvalue weighted by Gasteiger charge is 1.98. The first kappa shape index (κ1) is 16.2. The Balaban J connectivity index is 2.01. The second-order valence-electron chi connectivity index (χ2n) is 5.00. The van der Waals surface area contributed by atoms with Gasteiger partial charge in [0.05, 0.1) is 0 Å². The van der Waals surface area contributed by atoms with Crippen LogP contribution in [0.4, 0.5) is 0 Å². The summed E-state index contributed by atoms with van der Waals surface area (Å²) in [5.41, 5.74) is 3.91. The normalized spacial score (nSPS) is 11.1. The summed E-state index contributed by atoms with van der Waals surface area (Å²) in [4.78, 5) is 20.9. The van der Waals surface area contributed by atoms with E-state index in [0.717, 1.165) is 40.8 Å². The number of hydrogen-bond acceptors (Lipinski definition) is 2. The van der Waals surface area contributed by atoms with E-state index in [4.69, 9.17) is 10.2 Å². The van der Waals surface area contributed by atoms with Gasteiger partial charge < -0.3 is 10.2 Å². The van der Waals surface area contributed by atoms with E-state index >= 15 is 0 Å². The average molecular weight is 308 g/mol. The molecule has 0 aliphatic carbocycles. The Morgan fingerprint density at radius 2 is 1.04 bits per heavy atom. The van der Waals surface area contributed by atoms with Crippen molar-refractivity contribution in [2.75, 3.05) is 0 Å². The molecule has 0 bridgehead atoms. The smallest absolute Gasteiger partial charge is 0.328 e. The van der Waals surface area contributed by atoms with Gasteiger partial charge in [0.1, 0.15) is 0 Å². The number of hydrogen-bond donors (Lipinski definition) is 2. The van der Waals surface area contributed by atoms with Gasteiger partial charge in [-0.3, -0.25) is 0 Å². The molecule has 0 fully saturated rings. The molecule has 0 aromatic heterocycles. The van der Waals surface area contributed by atoms with Crippen molar-refractivity contribution in [1.29, 1.82) is 0 Å². The van der Waals surface area contributed by atoms with E-state index in [1.54, 1.807) is 12.2 Å². The van der Waals surface area contributed by atoms with Gasteiger partial charge in [0.2, 0.25) is 0 Å². The molecule has 2 rings (SSSR count). The van der Waals surface area contributed by atoms with Crippen molar-refractivity contribution in [3.8, 4) is 0 Å². The van der Waals surface area contributed by atoms with Crippen LogP contribution in [0.3, 0.4) is 0 Å². The lowest BCUT2D eigenvalue weighted by atomic mass is 10.0. The zero-order valence-electron chi connectivity index (χ0n) is 12.3. The molecule has 23 heavy (non-hydrogen) atoms. The van der Waals surface area contributed by atoms with E-state index in [1.807, 2.05) is 48.5 Å². The third-order valence-corrected chi connectivity index (χ3v) is 3.20. The zero-order chi connectivity index (χ0) is 16.7. The van der Waals surface area contributed by atoms with E-state index < -0.39 is 11.9 Å². The number of benzene rings is 2. The largest absolute Gasteiger partial charge is 0.478 e. The van der Waals surface area contributed by atoms with Gasteiger partial charge in [0.25, 0.3) is 0 Å². The van der Waals surface area contributed by atoms with Crippen molar-refractivity contribution in [3.63, 3.8) is 0 Å². The molecule has 0 atom stereocenters. The van der Waals surface area contributed by atoms with Crippen LogP contribution in [0, 0.1) is 0 Å². The van der Waals surface area contributed by atoms with E-state index in [-0.39, 0.29) is 0 Å². The van der Waals surface area contributed by atoms with Crippen LogP contribution < -0.4 is 0 Å². The lowest BCUT2D eigenvalue weighted by molar-refractivity contribution is -0.132. The Morgan fingerprint density at radius 1 is 0.696 bits per heavy atom. The van der Waals surface area contributed by atoms with Gasteiger partial charge in [-0.2, -0.15) is 0 Å². The molecule has 0 aliphatic rings. The molecule has 2 aromatic rings. The number of aliphatic carboxylic acids is 2. The van der Waals surface area contributed by atoms with E-state index in [0.29, 0.717) is 0 Å². The molecule has 0 amide bonds. The summed E-state index contributed by atoms with van der Waals surface area (Å²) >= 11 is 0. The second-order valence-corrected chi connectivity index (χ2v) is 5.00. The topological polar surface area (TPSA) is 74.6 Å². The first-order valence-electron chi connectivity index (χ1n) is 7.03. The molecule has 116 valence electrons. The maximum Gasteiger partial charge on any atom is 0.328 e. The second kappa shape index (κ2) is 7.75. The lowest BCUT2D eigenvalue weighted by Gasteiger charge is -2.03. The molecular formula is C19H16O4. The number of carbonyl (C=O) groups is 2. The summed E-state index contributed by atoms with van der Waals surface area (Å²) in [7, 11) is 0. The predicted octanol–water partition coefficient (Wildman–Crippen LogP) is 3.47. The van der Waals surface area contributed by atoms with Crippen molar-refractivity contribution in [3.05, 3.63) is 82.9 Å². The van der Waals surface area contributed by atoms with Crippen LogP contribution >= 0.6 is 0 Å². The summed E-state index contributed by atoms with van der Waals surface area (Å²) in [6.45, 7) is 0. The minimum Gasteiger partial charge on any atom is -0.478 e. The third kappa shape index (κ3) is 5.63. The van der Waals surface area contributed by atoms with Gasteiger partial charge in [-0.25, -0.2) is 9.59 Å². The van der Waals surface area contributed by atoms with E-state index in [2.05, 4.69) is 0 Å². The van der Waals surface area contributed by atoms with Crippen LogP contribution in [-0.4, -0.2) is 22.2 Å². The van der Waals surface area contributed by atoms with Crippen LogP contribution in [0.25, 0.3) is 12.2 Å². The first-order valence-corrected chi connectivity index (χ1v) is 7.03. The third-order valence-electron chi connectivity index (χ3n) is 3.20. The van der Waals surface area contributed by atoms with Crippen molar-refractivity contribution < 1.29 is 19.8 Å². The Bertz CT molecular complexity index is 672. The Labute approximate surface area is 134 Å². The van der Waals surface area contributed by atoms with E-state index in [1.165, 1.54) is 0 Å². The molecule has 4 nitrogen and oxygen atoms in total. The van der Waals surface area contributed by atoms with Crippen LogP contribution in [0.1, 0.15) is 22.3 Å². The maximum atomic E-state index is 10.5. The Kier molecular flexibility index (Phi) is 5.47. The molecule has 2 N–H and O–H groups in total.